The van der Waals surface area contributed by atoms with Crippen molar-refractivity contribution in [1.29, 1.82) is 0 Å². The van der Waals surface area contributed by atoms with Crippen molar-refractivity contribution in [2.45, 2.75) is 18.1 Å². The number of benzene rings is 1. The minimum Gasteiger partial charge on any atom is -0.411 e. The number of nitrogens with zero attached hydrogens (tertiary/aromatic N) is 2. The van der Waals surface area contributed by atoms with Gasteiger partial charge in [-0.25, -0.2) is 0 Å². The Balaban J connectivity index is 1.48. The molecule has 118 valence electrons. The summed E-state index contributed by atoms with van der Waals surface area (Å²) >= 11 is 8.80. The van der Waals surface area contributed by atoms with E-state index in [1.165, 1.54) is 23.1 Å². The Morgan fingerprint density at radius 3 is 2.78 bits per heavy atom. The second-order valence-corrected chi connectivity index (χ2v) is 7.16. The largest absolute Gasteiger partial charge is 0.411 e. The van der Waals surface area contributed by atoms with E-state index in [4.69, 9.17) is 16.0 Å². The van der Waals surface area contributed by atoms with Gasteiger partial charge in [0.05, 0.1) is 4.88 Å². The molecule has 0 bridgehead atoms. The molecule has 0 fully saturated rings. The first-order valence-corrected chi connectivity index (χ1v) is 9.25. The molecule has 0 N–H and O–H groups in total. The molecule has 0 radical (unpaired) electrons. The average Bonchev–Trinajstić information content (AvgIpc) is 3.24. The molecule has 23 heavy (non-hydrogen) atoms. The lowest BCUT2D eigenvalue weighted by Crippen LogP contribution is -1.96. The maximum absolute atomic E-state index is 11.9. The zero-order chi connectivity index (χ0) is 16.1. The van der Waals surface area contributed by atoms with Crippen LogP contribution in [-0.2, 0) is 0 Å². The van der Waals surface area contributed by atoms with Crippen molar-refractivity contribution in [3.8, 4) is 11.5 Å². The lowest BCUT2D eigenvalue weighted by atomic mass is 10.2. The molecule has 3 aromatic rings. The summed E-state index contributed by atoms with van der Waals surface area (Å²) in [6.45, 7) is 0. The molecule has 0 unspecified atom stereocenters. The summed E-state index contributed by atoms with van der Waals surface area (Å²) in [7, 11) is 0. The van der Waals surface area contributed by atoms with E-state index in [1.54, 1.807) is 12.1 Å². The third kappa shape index (κ3) is 4.43. The average molecular weight is 365 g/mol. The Kier molecular flexibility index (Phi) is 5.48. The van der Waals surface area contributed by atoms with E-state index in [9.17, 15) is 4.79 Å². The van der Waals surface area contributed by atoms with E-state index >= 15 is 0 Å². The topological polar surface area (TPSA) is 56.0 Å². The van der Waals surface area contributed by atoms with Gasteiger partial charge in [-0.3, -0.25) is 4.79 Å². The SMILES string of the molecule is O=C(CCCSc1nnc(-c2ccc(Cl)cc2)o1)c1cccs1. The number of hydrogen-bond donors (Lipinski definition) is 0. The van der Waals surface area contributed by atoms with Gasteiger partial charge in [-0.2, -0.15) is 0 Å². The minimum atomic E-state index is 0.188. The van der Waals surface area contributed by atoms with E-state index in [2.05, 4.69) is 10.2 Å². The van der Waals surface area contributed by atoms with Crippen molar-refractivity contribution in [1.82, 2.24) is 10.2 Å². The van der Waals surface area contributed by atoms with E-state index in [0.29, 0.717) is 22.6 Å². The van der Waals surface area contributed by atoms with Crippen molar-refractivity contribution < 1.29 is 9.21 Å². The third-order valence-electron chi connectivity index (χ3n) is 3.07. The fourth-order valence-corrected chi connectivity index (χ4v) is 3.45. The molecule has 0 atom stereocenters. The molecule has 0 aliphatic carbocycles. The highest BCUT2D eigenvalue weighted by atomic mass is 35.5. The van der Waals surface area contributed by atoms with Gasteiger partial charge < -0.3 is 4.42 Å². The van der Waals surface area contributed by atoms with Gasteiger partial charge in [-0.1, -0.05) is 29.4 Å². The van der Waals surface area contributed by atoms with Crippen molar-refractivity contribution in [2.24, 2.45) is 0 Å². The van der Waals surface area contributed by atoms with Crippen molar-refractivity contribution >= 4 is 40.5 Å². The fraction of sp³-hybridized carbons (Fsp3) is 0.188. The summed E-state index contributed by atoms with van der Waals surface area (Å²) < 4.78 is 5.60. The lowest BCUT2D eigenvalue weighted by molar-refractivity contribution is 0.0986. The molecule has 0 spiro atoms. The standard InChI is InChI=1S/C16H13ClN2O2S2/c17-12-7-5-11(6-8-12)15-18-19-16(21-15)23-10-1-3-13(20)14-4-2-9-22-14/h2,4-9H,1,3,10H2. The van der Waals surface area contributed by atoms with Gasteiger partial charge in [0.25, 0.3) is 5.22 Å². The Morgan fingerprint density at radius 1 is 1.22 bits per heavy atom. The summed E-state index contributed by atoms with van der Waals surface area (Å²) in [6.07, 6.45) is 1.31. The van der Waals surface area contributed by atoms with Gasteiger partial charge in [-0.15, -0.1) is 21.5 Å². The number of Topliss-reactive ketones (excluding diaryl/α,β-unsaturated/α-hetero) is 1. The number of hydrogen-bond acceptors (Lipinski definition) is 6. The van der Waals surface area contributed by atoms with Gasteiger partial charge in [-0.05, 0) is 42.1 Å². The number of rotatable bonds is 7. The van der Waals surface area contributed by atoms with Crippen LogP contribution in [0.2, 0.25) is 5.02 Å². The van der Waals surface area contributed by atoms with Crippen LogP contribution < -0.4 is 0 Å². The van der Waals surface area contributed by atoms with Crippen LogP contribution in [-0.4, -0.2) is 21.7 Å². The van der Waals surface area contributed by atoms with Crippen LogP contribution in [0.1, 0.15) is 22.5 Å². The number of thiophene rings is 1. The van der Waals surface area contributed by atoms with E-state index in [0.717, 1.165) is 22.6 Å². The number of carbonyl (C=O) groups is 1. The molecule has 2 heterocycles. The quantitative estimate of drug-likeness (QED) is 0.327. The first-order chi connectivity index (χ1) is 11.2. The molecule has 3 rings (SSSR count). The molecular weight excluding hydrogens is 352 g/mol. The summed E-state index contributed by atoms with van der Waals surface area (Å²) in [5, 5.41) is 11.1. The van der Waals surface area contributed by atoms with E-state index in [-0.39, 0.29) is 5.78 Å². The van der Waals surface area contributed by atoms with Gasteiger partial charge in [0, 0.05) is 22.8 Å². The predicted octanol–water partition coefficient (Wildman–Crippen LogP) is 5.21. The normalized spacial score (nSPS) is 10.8. The zero-order valence-electron chi connectivity index (χ0n) is 12.1. The van der Waals surface area contributed by atoms with E-state index < -0.39 is 0 Å². The Labute approximate surface area is 146 Å². The molecule has 0 aliphatic rings. The smallest absolute Gasteiger partial charge is 0.276 e. The van der Waals surface area contributed by atoms with Gasteiger partial charge in [0.2, 0.25) is 5.89 Å². The van der Waals surface area contributed by atoms with Crippen LogP contribution in [0.25, 0.3) is 11.5 Å². The Morgan fingerprint density at radius 2 is 2.04 bits per heavy atom. The predicted molar refractivity (Wildman–Crippen MR) is 93.4 cm³/mol. The molecule has 0 saturated carbocycles. The highest BCUT2D eigenvalue weighted by Gasteiger charge is 2.10. The molecule has 0 aliphatic heterocycles. The summed E-state index contributed by atoms with van der Waals surface area (Å²) in [4.78, 5) is 12.7. The van der Waals surface area contributed by atoms with Crippen LogP contribution >= 0.6 is 34.7 Å². The second kappa shape index (κ2) is 7.77. The zero-order valence-corrected chi connectivity index (χ0v) is 14.5. The van der Waals surface area contributed by atoms with Crippen LogP contribution in [0.5, 0.6) is 0 Å². The van der Waals surface area contributed by atoms with Crippen LogP contribution in [0.4, 0.5) is 0 Å². The van der Waals surface area contributed by atoms with Gasteiger partial charge in [0.15, 0.2) is 5.78 Å². The molecule has 1 aromatic carbocycles. The number of thioether (sulfide) groups is 1. The van der Waals surface area contributed by atoms with Crippen LogP contribution in [0.15, 0.2) is 51.4 Å². The lowest BCUT2D eigenvalue weighted by Gasteiger charge is -1.97. The Hall–Kier alpha value is -1.63. The second-order valence-electron chi connectivity index (χ2n) is 4.73. The highest BCUT2D eigenvalue weighted by Crippen LogP contribution is 2.25. The van der Waals surface area contributed by atoms with Crippen molar-refractivity contribution in [3.63, 3.8) is 0 Å². The van der Waals surface area contributed by atoms with Crippen molar-refractivity contribution in [3.05, 3.63) is 51.7 Å². The maximum atomic E-state index is 11.9. The summed E-state index contributed by atoms with van der Waals surface area (Å²) in [5.41, 5.74) is 0.835. The minimum absolute atomic E-state index is 0.188. The van der Waals surface area contributed by atoms with Gasteiger partial charge >= 0.3 is 0 Å². The highest BCUT2D eigenvalue weighted by molar-refractivity contribution is 7.99. The third-order valence-corrected chi connectivity index (χ3v) is 5.13. The number of ketones is 1. The number of carbonyl (C=O) groups excluding carboxylic acids is 1. The number of aromatic nitrogens is 2. The van der Waals surface area contributed by atoms with Crippen LogP contribution in [0, 0.1) is 0 Å². The van der Waals surface area contributed by atoms with Crippen molar-refractivity contribution in [2.75, 3.05) is 5.75 Å². The van der Waals surface area contributed by atoms with Crippen LogP contribution in [0.3, 0.4) is 0 Å². The first-order valence-electron chi connectivity index (χ1n) is 7.01. The van der Waals surface area contributed by atoms with E-state index in [1.807, 2.05) is 29.6 Å². The first kappa shape index (κ1) is 16.2. The molecule has 0 saturated heterocycles. The summed E-state index contributed by atoms with van der Waals surface area (Å²) in [6, 6.07) is 11.0. The monoisotopic (exact) mass is 364 g/mol. The molecule has 7 heteroatoms. The maximum Gasteiger partial charge on any atom is 0.276 e. The fourth-order valence-electron chi connectivity index (χ4n) is 1.93. The molecular formula is C16H13ClN2O2S2. The Bertz CT molecular complexity index is 770. The number of halogens is 1. The summed E-state index contributed by atoms with van der Waals surface area (Å²) in [5.74, 6) is 1.42. The molecule has 2 aromatic heterocycles. The molecule has 4 nitrogen and oxygen atoms in total. The van der Waals surface area contributed by atoms with Gasteiger partial charge in [0.1, 0.15) is 0 Å². The molecule has 0 amide bonds.